The molecule has 0 fully saturated rings. The van der Waals surface area contributed by atoms with Crippen LogP contribution in [0.1, 0.15) is 30.7 Å². The zero-order chi connectivity index (χ0) is 11.4. The average Bonchev–Trinajstić information content (AvgIpc) is 2.48. The van der Waals surface area contributed by atoms with E-state index < -0.39 is 12.1 Å². The molecule has 1 aromatic heterocycles. The topological polar surface area (TPSA) is 64.3 Å². The van der Waals surface area contributed by atoms with Crippen LogP contribution in [0.5, 0.6) is 0 Å². The Balaban J connectivity index is 2.65. The van der Waals surface area contributed by atoms with Crippen molar-refractivity contribution in [2.75, 3.05) is 6.61 Å². The number of ether oxygens (including phenoxy) is 1. The van der Waals surface area contributed by atoms with Crippen molar-refractivity contribution in [1.82, 2.24) is 9.78 Å². The number of aromatic nitrogens is 2. The van der Waals surface area contributed by atoms with Crippen LogP contribution in [0.15, 0.2) is 6.20 Å². The normalized spacial score (nSPS) is 12.5. The average molecular weight is 212 g/mol. The van der Waals surface area contributed by atoms with Gasteiger partial charge in [0.1, 0.15) is 0 Å². The lowest BCUT2D eigenvalue weighted by atomic mass is 10.1. The van der Waals surface area contributed by atoms with E-state index in [0.29, 0.717) is 12.2 Å². The van der Waals surface area contributed by atoms with Crippen molar-refractivity contribution in [2.24, 2.45) is 7.05 Å². The molecule has 1 atom stereocenters. The predicted octanol–water partition coefficient (Wildman–Crippen LogP) is 0.715. The molecule has 0 aromatic carbocycles. The summed E-state index contributed by atoms with van der Waals surface area (Å²) in [6.45, 7) is 3.91. The van der Waals surface area contributed by atoms with Gasteiger partial charge < -0.3 is 9.84 Å². The first kappa shape index (κ1) is 11.7. The van der Waals surface area contributed by atoms with E-state index in [-0.39, 0.29) is 6.42 Å². The Hall–Kier alpha value is -1.36. The first-order chi connectivity index (χ1) is 7.06. The van der Waals surface area contributed by atoms with Gasteiger partial charge in [0.05, 0.1) is 25.3 Å². The molecule has 0 bridgehead atoms. The number of carbonyl (C=O) groups excluding carboxylic acids is 1. The first-order valence-corrected chi connectivity index (χ1v) is 4.88. The Morgan fingerprint density at radius 2 is 2.40 bits per heavy atom. The summed E-state index contributed by atoms with van der Waals surface area (Å²) in [4.78, 5) is 11.1. The molecule has 1 rings (SSSR count). The van der Waals surface area contributed by atoms with Crippen LogP contribution in [-0.4, -0.2) is 27.5 Å². The molecule has 5 heteroatoms. The molecule has 1 aromatic rings. The third-order valence-corrected chi connectivity index (χ3v) is 2.30. The van der Waals surface area contributed by atoms with Gasteiger partial charge in [-0.2, -0.15) is 5.10 Å². The molecule has 1 unspecified atom stereocenters. The largest absolute Gasteiger partial charge is 0.466 e. The molecule has 0 aliphatic carbocycles. The lowest BCUT2D eigenvalue weighted by Crippen LogP contribution is -2.10. The second-order valence-electron chi connectivity index (χ2n) is 3.33. The summed E-state index contributed by atoms with van der Waals surface area (Å²) >= 11 is 0. The van der Waals surface area contributed by atoms with Crippen LogP contribution in [0.4, 0.5) is 0 Å². The van der Waals surface area contributed by atoms with Crippen LogP contribution >= 0.6 is 0 Å². The first-order valence-electron chi connectivity index (χ1n) is 4.88. The molecule has 15 heavy (non-hydrogen) atoms. The molecule has 0 spiro atoms. The number of nitrogens with zero attached hydrogens (tertiary/aromatic N) is 2. The Morgan fingerprint density at radius 1 is 1.73 bits per heavy atom. The number of carbonyl (C=O) groups is 1. The number of aliphatic hydroxyl groups is 1. The van der Waals surface area contributed by atoms with Crippen LogP contribution < -0.4 is 0 Å². The molecule has 0 saturated carbocycles. The molecular weight excluding hydrogens is 196 g/mol. The quantitative estimate of drug-likeness (QED) is 0.747. The van der Waals surface area contributed by atoms with Gasteiger partial charge in [0.2, 0.25) is 0 Å². The number of esters is 1. The molecule has 0 saturated heterocycles. The highest BCUT2D eigenvalue weighted by atomic mass is 16.5. The third-order valence-electron chi connectivity index (χ3n) is 2.30. The zero-order valence-electron chi connectivity index (χ0n) is 9.23. The fourth-order valence-electron chi connectivity index (χ4n) is 1.33. The summed E-state index contributed by atoms with van der Waals surface area (Å²) < 4.78 is 6.41. The van der Waals surface area contributed by atoms with Gasteiger partial charge >= 0.3 is 5.97 Å². The van der Waals surface area contributed by atoms with Crippen LogP contribution in [0.3, 0.4) is 0 Å². The van der Waals surface area contributed by atoms with Gasteiger partial charge in [-0.15, -0.1) is 0 Å². The summed E-state index contributed by atoms with van der Waals surface area (Å²) in [6.07, 6.45) is 0.706. The van der Waals surface area contributed by atoms with Crippen molar-refractivity contribution in [1.29, 1.82) is 0 Å². The maximum absolute atomic E-state index is 11.1. The Kier molecular flexibility index (Phi) is 3.85. The van der Waals surface area contributed by atoms with Crippen molar-refractivity contribution in [3.8, 4) is 0 Å². The standard InChI is InChI=1S/C10H16N2O3/c1-4-15-10(14)5-9(13)8-6-11-12(3)7(8)2/h6,9,13H,4-5H2,1-3H3. The highest BCUT2D eigenvalue weighted by Crippen LogP contribution is 2.19. The summed E-state index contributed by atoms with van der Waals surface area (Å²) in [6, 6.07) is 0. The molecule has 0 amide bonds. The number of rotatable bonds is 4. The molecule has 1 heterocycles. The van der Waals surface area contributed by atoms with Gasteiger partial charge in [-0.3, -0.25) is 9.48 Å². The molecule has 1 N–H and O–H groups in total. The number of hydrogen-bond acceptors (Lipinski definition) is 4. The second-order valence-corrected chi connectivity index (χ2v) is 3.33. The molecule has 0 aliphatic rings. The molecule has 5 nitrogen and oxygen atoms in total. The molecule has 84 valence electrons. The van der Waals surface area contributed by atoms with Gasteiger partial charge in [-0.25, -0.2) is 0 Å². The fourth-order valence-corrected chi connectivity index (χ4v) is 1.33. The summed E-state index contributed by atoms with van der Waals surface area (Å²) in [5, 5.41) is 13.8. The van der Waals surface area contributed by atoms with Crippen molar-refractivity contribution in [2.45, 2.75) is 26.4 Å². The SMILES string of the molecule is CCOC(=O)CC(O)c1cnn(C)c1C. The van der Waals surface area contributed by atoms with Crippen molar-refractivity contribution < 1.29 is 14.6 Å². The van der Waals surface area contributed by atoms with Crippen LogP contribution in [0.2, 0.25) is 0 Å². The van der Waals surface area contributed by atoms with E-state index in [1.807, 2.05) is 6.92 Å². The monoisotopic (exact) mass is 212 g/mol. The minimum Gasteiger partial charge on any atom is -0.466 e. The van der Waals surface area contributed by atoms with Crippen molar-refractivity contribution >= 4 is 5.97 Å². The maximum Gasteiger partial charge on any atom is 0.308 e. The highest BCUT2D eigenvalue weighted by molar-refractivity contribution is 5.70. The van der Waals surface area contributed by atoms with Crippen LogP contribution in [0, 0.1) is 6.92 Å². The smallest absolute Gasteiger partial charge is 0.308 e. The highest BCUT2D eigenvalue weighted by Gasteiger charge is 2.17. The lowest BCUT2D eigenvalue weighted by Gasteiger charge is -2.09. The molecular formula is C10H16N2O3. The lowest BCUT2D eigenvalue weighted by molar-refractivity contribution is -0.145. The second kappa shape index (κ2) is 4.93. The van der Waals surface area contributed by atoms with E-state index in [1.54, 1.807) is 24.9 Å². The van der Waals surface area contributed by atoms with E-state index in [4.69, 9.17) is 4.74 Å². The van der Waals surface area contributed by atoms with E-state index in [0.717, 1.165) is 5.69 Å². The Bertz CT molecular complexity index is 346. The van der Waals surface area contributed by atoms with Crippen molar-refractivity contribution in [3.63, 3.8) is 0 Å². The minimum absolute atomic E-state index is 0.0274. The Morgan fingerprint density at radius 3 is 2.87 bits per heavy atom. The maximum atomic E-state index is 11.1. The fraction of sp³-hybridized carbons (Fsp3) is 0.600. The predicted molar refractivity (Wildman–Crippen MR) is 54.2 cm³/mol. The molecule has 0 radical (unpaired) electrons. The summed E-state index contributed by atoms with van der Waals surface area (Å²) in [7, 11) is 1.79. The van der Waals surface area contributed by atoms with Gasteiger partial charge in [0.15, 0.2) is 0 Å². The van der Waals surface area contributed by atoms with Crippen LogP contribution in [0.25, 0.3) is 0 Å². The third kappa shape index (κ3) is 2.79. The van der Waals surface area contributed by atoms with E-state index in [1.165, 1.54) is 0 Å². The van der Waals surface area contributed by atoms with Crippen LogP contribution in [-0.2, 0) is 16.6 Å². The number of hydrogen-bond donors (Lipinski definition) is 1. The number of aliphatic hydroxyl groups excluding tert-OH is 1. The van der Waals surface area contributed by atoms with Gasteiger partial charge in [0, 0.05) is 18.3 Å². The zero-order valence-corrected chi connectivity index (χ0v) is 9.23. The minimum atomic E-state index is -0.835. The summed E-state index contributed by atoms with van der Waals surface area (Å²) in [5.74, 6) is -0.395. The van der Waals surface area contributed by atoms with Gasteiger partial charge in [-0.05, 0) is 13.8 Å². The van der Waals surface area contributed by atoms with Gasteiger partial charge in [-0.1, -0.05) is 0 Å². The van der Waals surface area contributed by atoms with E-state index >= 15 is 0 Å². The number of aryl methyl sites for hydroxylation is 1. The Labute approximate surface area is 88.7 Å². The van der Waals surface area contributed by atoms with Crippen molar-refractivity contribution in [3.05, 3.63) is 17.5 Å². The molecule has 0 aliphatic heterocycles. The van der Waals surface area contributed by atoms with E-state index in [2.05, 4.69) is 5.10 Å². The summed E-state index contributed by atoms with van der Waals surface area (Å²) in [5.41, 5.74) is 1.53. The van der Waals surface area contributed by atoms with Gasteiger partial charge in [0.25, 0.3) is 0 Å². The van der Waals surface area contributed by atoms with E-state index in [9.17, 15) is 9.90 Å².